The van der Waals surface area contributed by atoms with Crippen LogP contribution in [0.15, 0.2) is 24.3 Å². The third kappa shape index (κ3) is 2.05. The number of benzene rings is 1. The molecule has 4 heteroatoms. The first kappa shape index (κ1) is 10.7. The number of aromatic amines is 1. The quantitative estimate of drug-likeness (QED) is 0.827. The second-order valence-electron chi connectivity index (χ2n) is 3.78. The van der Waals surface area contributed by atoms with Gasteiger partial charge in [0, 0.05) is 6.42 Å². The summed E-state index contributed by atoms with van der Waals surface area (Å²) in [6.07, 6.45) is 0.491. The Labute approximate surface area is 94.1 Å². The van der Waals surface area contributed by atoms with E-state index in [1.54, 1.807) is 0 Å². The molecule has 2 rings (SSSR count). The number of nitrogens with one attached hydrogen (secondary N) is 2. The first-order chi connectivity index (χ1) is 7.70. The van der Waals surface area contributed by atoms with Crippen LogP contribution in [0, 0.1) is 0 Å². The van der Waals surface area contributed by atoms with E-state index in [9.17, 15) is 4.79 Å². The number of amides is 1. The molecule has 0 bridgehead atoms. The van der Waals surface area contributed by atoms with Crippen molar-refractivity contribution in [2.24, 2.45) is 0 Å². The second kappa shape index (κ2) is 4.35. The Morgan fingerprint density at radius 3 is 2.94 bits per heavy atom. The minimum absolute atomic E-state index is 0.0351. The molecule has 0 aliphatic rings. The molecule has 0 fully saturated rings. The molecule has 0 saturated carbocycles. The summed E-state index contributed by atoms with van der Waals surface area (Å²) in [7, 11) is 0. The summed E-state index contributed by atoms with van der Waals surface area (Å²) < 4.78 is 0. The van der Waals surface area contributed by atoms with E-state index in [0.717, 1.165) is 16.9 Å². The molecule has 1 amide bonds. The molecule has 1 aromatic heterocycles. The van der Waals surface area contributed by atoms with Gasteiger partial charge >= 0.3 is 0 Å². The maximum atomic E-state index is 11.3. The molecular weight excluding hydrogens is 202 g/mol. The van der Waals surface area contributed by atoms with Gasteiger partial charge in [0.2, 0.25) is 5.91 Å². The third-order valence-corrected chi connectivity index (χ3v) is 2.52. The Morgan fingerprint density at radius 1 is 1.50 bits per heavy atom. The molecule has 0 saturated heterocycles. The van der Waals surface area contributed by atoms with Crippen LogP contribution in [0.1, 0.15) is 32.1 Å². The highest BCUT2D eigenvalue weighted by Gasteiger charge is 2.11. The average molecular weight is 217 g/mol. The molecule has 0 unspecified atom stereocenters. The number of para-hydroxylation sites is 2. The summed E-state index contributed by atoms with van der Waals surface area (Å²) >= 11 is 0. The lowest BCUT2D eigenvalue weighted by Gasteiger charge is -2.09. The molecule has 4 nitrogen and oxygen atoms in total. The molecule has 84 valence electrons. The van der Waals surface area contributed by atoms with E-state index in [1.165, 1.54) is 0 Å². The van der Waals surface area contributed by atoms with Gasteiger partial charge in [-0.25, -0.2) is 4.98 Å². The van der Waals surface area contributed by atoms with Crippen LogP contribution in [-0.2, 0) is 4.79 Å². The predicted octanol–water partition coefficient (Wildman–Crippen LogP) is 2.15. The van der Waals surface area contributed by atoms with Crippen LogP contribution in [0.4, 0.5) is 0 Å². The van der Waals surface area contributed by atoms with E-state index < -0.39 is 0 Å². The lowest BCUT2D eigenvalue weighted by molar-refractivity contribution is -0.121. The van der Waals surface area contributed by atoms with E-state index in [-0.39, 0.29) is 11.9 Å². The Bertz CT molecular complexity index is 471. The van der Waals surface area contributed by atoms with Crippen LogP contribution in [0.5, 0.6) is 0 Å². The van der Waals surface area contributed by atoms with Crippen molar-refractivity contribution < 1.29 is 4.79 Å². The van der Waals surface area contributed by atoms with Crippen molar-refractivity contribution in [1.29, 1.82) is 0 Å². The van der Waals surface area contributed by atoms with Gasteiger partial charge in [-0.15, -0.1) is 0 Å². The van der Waals surface area contributed by atoms with Crippen molar-refractivity contribution in [3.63, 3.8) is 0 Å². The highest BCUT2D eigenvalue weighted by atomic mass is 16.1. The number of rotatable bonds is 3. The SMILES string of the molecule is CCC(=O)N[C@H](C)c1nc2ccccc2[nH]1. The lowest BCUT2D eigenvalue weighted by Crippen LogP contribution is -2.26. The van der Waals surface area contributed by atoms with Crippen molar-refractivity contribution in [1.82, 2.24) is 15.3 Å². The van der Waals surface area contributed by atoms with Crippen LogP contribution >= 0.6 is 0 Å². The van der Waals surface area contributed by atoms with E-state index in [4.69, 9.17) is 0 Å². The van der Waals surface area contributed by atoms with Gasteiger partial charge in [-0.1, -0.05) is 19.1 Å². The summed E-state index contributed by atoms with van der Waals surface area (Å²) in [4.78, 5) is 18.9. The van der Waals surface area contributed by atoms with Gasteiger partial charge in [0.15, 0.2) is 0 Å². The predicted molar refractivity (Wildman–Crippen MR) is 62.9 cm³/mol. The maximum Gasteiger partial charge on any atom is 0.220 e. The molecule has 0 aliphatic heterocycles. The Kier molecular flexibility index (Phi) is 2.90. The monoisotopic (exact) mass is 217 g/mol. The second-order valence-corrected chi connectivity index (χ2v) is 3.78. The summed E-state index contributed by atoms with van der Waals surface area (Å²) in [5.74, 6) is 0.830. The molecule has 2 N–H and O–H groups in total. The number of nitrogens with zero attached hydrogens (tertiary/aromatic N) is 1. The van der Waals surface area contributed by atoms with Crippen LogP contribution in [-0.4, -0.2) is 15.9 Å². The summed E-state index contributed by atoms with van der Waals surface area (Å²) in [6, 6.07) is 7.74. The number of aromatic nitrogens is 2. The summed E-state index contributed by atoms with van der Waals surface area (Å²) in [5, 5.41) is 2.87. The molecule has 16 heavy (non-hydrogen) atoms. The molecule has 0 aliphatic carbocycles. The van der Waals surface area contributed by atoms with Crippen LogP contribution in [0.25, 0.3) is 11.0 Å². The average Bonchev–Trinajstić information content (AvgIpc) is 2.72. The fourth-order valence-electron chi connectivity index (χ4n) is 1.59. The summed E-state index contributed by atoms with van der Waals surface area (Å²) in [5.41, 5.74) is 1.92. The van der Waals surface area contributed by atoms with E-state index in [2.05, 4.69) is 15.3 Å². The van der Waals surface area contributed by atoms with Crippen LogP contribution in [0.3, 0.4) is 0 Å². The molecule has 1 heterocycles. The fourth-order valence-corrected chi connectivity index (χ4v) is 1.59. The minimum atomic E-state index is -0.0835. The molecular formula is C12H15N3O. The van der Waals surface area contributed by atoms with Crippen molar-refractivity contribution in [3.8, 4) is 0 Å². The zero-order chi connectivity index (χ0) is 11.5. The van der Waals surface area contributed by atoms with Gasteiger partial charge < -0.3 is 10.3 Å². The maximum absolute atomic E-state index is 11.3. The van der Waals surface area contributed by atoms with Crippen molar-refractivity contribution >= 4 is 16.9 Å². The Hall–Kier alpha value is -1.84. The number of carbonyl (C=O) groups is 1. The van der Waals surface area contributed by atoms with E-state index >= 15 is 0 Å². The van der Waals surface area contributed by atoms with Crippen LogP contribution < -0.4 is 5.32 Å². The van der Waals surface area contributed by atoms with Gasteiger partial charge in [-0.05, 0) is 19.1 Å². The zero-order valence-corrected chi connectivity index (χ0v) is 9.45. The van der Waals surface area contributed by atoms with Crippen molar-refractivity contribution in [2.45, 2.75) is 26.3 Å². The Morgan fingerprint density at radius 2 is 2.25 bits per heavy atom. The lowest BCUT2D eigenvalue weighted by atomic mass is 10.3. The first-order valence-corrected chi connectivity index (χ1v) is 5.44. The van der Waals surface area contributed by atoms with Gasteiger partial charge in [-0.2, -0.15) is 0 Å². The number of imidazole rings is 1. The number of hydrogen-bond donors (Lipinski definition) is 2. The molecule has 1 aromatic carbocycles. The first-order valence-electron chi connectivity index (χ1n) is 5.44. The largest absolute Gasteiger partial charge is 0.346 e. The highest BCUT2D eigenvalue weighted by Crippen LogP contribution is 2.15. The zero-order valence-electron chi connectivity index (χ0n) is 9.45. The van der Waals surface area contributed by atoms with Crippen molar-refractivity contribution in [2.75, 3.05) is 0 Å². The minimum Gasteiger partial charge on any atom is -0.346 e. The topological polar surface area (TPSA) is 57.8 Å². The summed E-state index contributed by atoms with van der Waals surface area (Å²) in [6.45, 7) is 3.76. The highest BCUT2D eigenvalue weighted by molar-refractivity contribution is 5.77. The fraction of sp³-hybridized carbons (Fsp3) is 0.333. The standard InChI is InChI=1S/C12H15N3O/c1-3-11(16)13-8(2)12-14-9-6-4-5-7-10(9)15-12/h4-8H,3H2,1-2H3,(H,13,16)(H,14,15)/t8-/m1/s1. The van der Waals surface area contributed by atoms with E-state index in [0.29, 0.717) is 6.42 Å². The third-order valence-electron chi connectivity index (χ3n) is 2.52. The molecule has 2 aromatic rings. The number of fused-ring (bicyclic) bond motifs is 1. The molecule has 0 radical (unpaired) electrons. The van der Waals surface area contributed by atoms with Gasteiger partial charge in [0.1, 0.15) is 5.82 Å². The normalized spacial score (nSPS) is 12.6. The number of carbonyl (C=O) groups excluding carboxylic acids is 1. The van der Waals surface area contributed by atoms with Gasteiger partial charge in [0.25, 0.3) is 0 Å². The van der Waals surface area contributed by atoms with Crippen LogP contribution in [0.2, 0.25) is 0 Å². The number of hydrogen-bond acceptors (Lipinski definition) is 2. The van der Waals surface area contributed by atoms with Gasteiger partial charge in [0.05, 0.1) is 17.1 Å². The number of H-pyrrole nitrogens is 1. The van der Waals surface area contributed by atoms with E-state index in [1.807, 2.05) is 38.1 Å². The smallest absolute Gasteiger partial charge is 0.220 e. The van der Waals surface area contributed by atoms with Crippen molar-refractivity contribution in [3.05, 3.63) is 30.1 Å². The van der Waals surface area contributed by atoms with Gasteiger partial charge in [-0.3, -0.25) is 4.79 Å². The Balaban J connectivity index is 2.23. The molecule has 1 atom stereocenters. The molecule has 0 spiro atoms.